The van der Waals surface area contributed by atoms with Crippen LogP contribution < -0.4 is 5.32 Å². The van der Waals surface area contributed by atoms with Crippen molar-refractivity contribution in [1.29, 1.82) is 0 Å². The molecule has 0 aliphatic rings. The first-order valence-corrected chi connectivity index (χ1v) is 5.25. The van der Waals surface area contributed by atoms with Crippen molar-refractivity contribution < 1.29 is 19.1 Å². The molecule has 0 aliphatic carbocycles. The summed E-state index contributed by atoms with van der Waals surface area (Å²) in [5, 5.41) is 10.9. The molecule has 17 heavy (non-hydrogen) atoms. The van der Waals surface area contributed by atoms with Gasteiger partial charge in [-0.05, 0) is 17.7 Å². The van der Waals surface area contributed by atoms with Gasteiger partial charge in [0.2, 0.25) is 5.91 Å². The summed E-state index contributed by atoms with van der Waals surface area (Å²) in [7, 11) is 0. The van der Waals surface area contributed by atoms with E-state index < -0.39 is 5.91 Å². The molecule has 0 spiro atoms. The third kappa shape index (κ3) is 5.21. The first-order chi connectivity index (χ1) is 8.11. The zero-order valence-electron chi connectivity index (χ0n) is 9.28. The van der Waals surface area contributed by atoms with Crippen LogP contribution in [0.25, 0.3) is 0 Å². The summed E-state index contributed by atoms with van der Waals surface area (Å²) in [5.74, 6) is -1.01. The van der Waals surface area contributed by atoms with Gasteiger partial charge in [0.05, 0.1) is 13.0 Å². The Balaban J connectivity index is 2.39. The predicted octanol–water partition coefficient (Wildman–Crippen LogP) is 0.436. The van der Waals surface area contributed by atoms with Crippen LogP contribution in [0.4, 0.5) is 4.39 Å². The summed E-state index contributed by atoms with van der Waals surface area (Å²) in [5.41, 5.74) is 0.673. The molecule has 1 aromatic carbocycles. The molecule has 0 aromatic heterocycles. The van der Waals surface area contributed by atoms with E-state index in [1.807, 2.05) is 0 Å². The van der Waals surface area contributed by atoms with Crippen molar-refractivity contribution in [1.82, 2.24) is 5.32 Å². The molecule has 0 atom stereocenters. The number of carbonyl (C=O) groups is 2. The molecule has 0 heterocycles. The van der Waals surface area contributed by atoms with Gasteiger partial charge in [-0.25, -0.2) is 4.39 Å². The summed E-state index contributed by atoms with van der Waals surface area (Å²) in [4.78, 5) is 22.6. The maximum atomic E-state index is 12.6. The van der Waals surface area contributed by atoms with Crippen LogP contribution in [0.15, 0.2) is 24.3 Å². The fourth-order valence-corrected chi connectivity index (χ4v) is 1.33. The molecule has 0 saturated carbocycles. The lowest BCUT2D eigenvalue weighted by atomic mass is 10.1. The minimum Gasteiger partial charge on any atom is -0.395 e. The molecule has 0 unspecified atom stereocenters. The Morgan fingerprint density at radius 3 is 2.47 bits per heavy atom. The van der Waals surface area contributed by atoms with E-state index in [0.29, 0.717) is 5.56 Å². The summed E-state index contributed by atoms with van der Waals surface area (Å²) >= 11 is 0. The van der Waals surface area contributed by atoms with Gasteiger partial charge < -0.3 is 10.4 Å². The Morgan fingerprint density at radius 2 is 1.88 bits per heavy atom. The summed E-state index contributed by atoms with van der Waals surface area (Å²) in [6.45, 7) is -0.0133. The quantitative estimate of drug-likeness (QED) is 0.708. The second-order valence-electron chi connectivity index (χ2n) is 3.59. The average Bonchev–Trinajstić information content (AvgIpc) is 2.29. The minimum atomic E-state index is -0.411. The molecule has 1 amide bonds. The number of halogens is 1. The van der Waals surface area contributed by atoms with Gasteiger partial charge in [0, 0.05) is 13.0 Å². The fourth-order valence-electron chi connectivity index (χ4n) is 1.33. The largest absolute Gasteiger partial charge is 0.395 e. The normalized spacial score (nSPS) is 10.0. The number of aliphatic hydroxyl groups excluding tert-OH is 1. The highest BCUT2D eigenvalue weighted by Crippen LogP contribution is 2.04. The molecule has 5 heteroatoms. The monoisotopic (exact) mass is 239 g/mol. The Hall–Kier alpha value is -1.75. The maximum absolute atomic E-state index is 12.6. The van der Waals surface area contributed by atoms with Crippen LogP contribution in [0.3, 0.4) is 0 Å². The summed E-state index contributed by atoms with van der Waals surface area (Å²) < 4.78 is 12.6. The van der Waals surface area contributed by atoms with Crippen molar-refractivity contribution in [3.63, 3.8) is 0 Å². The standard InChI is InChI=1S/C12H14FNO3/c13-10-3-1-9(2-4-10)7-11(16)8-12(17)14-5-6-15/h1-4,15H,5-8H2,(H,14,17). The SMILES string of the molecule is O=C(CC(=O)NCCO)Cc1ccc(F)cc1. The third-order valence-electron chi connectivity index (χ3n) is 2.11. The summed E-state index contributed by atoms with van der Waals surface area (Å²) in [6, 6.07) is 5.57. The molecule has 2 N–H and O–H groups in total. The number of ketones is 1. The molecule has 0 bridgehead atoms. The van der Waals surface area contributed by atoms with Crippen LogP contribution in [0.2, 0.25) is 0 Å². The number of Topliss-reactive ketones (excluding diaryl/α,β-unsaturated/α-hetero) is 1. The van der Waals surface area contributed by atoms with Gasteiger partial charge in [0.15, 0.2) is 0 Å². The fraction of sp³-hybridized carbons (Fsp3) is 0.333. The number of rotatable bonds is 6. The van der Waals surface area contributed by atoms with Gasteiger partial charge in [-0.3, -0.25) is 9.59 Å². The van der Waals surface area contributed by atoms with E-state index in [1.54, 1.807) is 0 Å². The van der Waals surface area contributed by atoms with E-state index >= 15 is 0 Å². The van der Waals surface area contributed by atoms with Gasteiger partial charge in [-0.2, -0.15) is 0 Å². The number of amides is 1. The van der Waals surface area contributed by atoms with Gasteiger partial charge in [0.1, 0.15) is 11.6 Å². The number of carbonyl (C=O) groups excluding carboxylic acids is 2. The molecule has 0 aliphatic heterocycles. The maximum Gasteiger partial charge on any atom is 0.227 e. The highest BCUT2D eigenvalue weighted by Gasteiger charge is 2.09. The first-order valence-electron chi connectivity index (χ1n) is 5.25. The van der Waals surface area contributed by atoms with Crippen molar-refractivity contribution in [3.8, 4) is 0 Å². The van der Waals surface area contributed by atoms with E-state index in [-0.39, 0.29) is 37.6 Å². The Bertz CT molecular complexity index is 389. The number of benzene rings is 1. The number of nitrogens with one attached hydrogen (secondary N) is 1. The lowest BCUT2D eigenvalue weighted by Crippen LogP contribution is -2.28. The number of hydrogen-bond donors (Lipinski definition) is 2. The number of hydrogen-bond acceptors (Lipinski definition) is 3. The van der Waals surface area contributed by atoms with Crippen LogP contribution in [-0.4, -0.2) is 29.9 Å². The third-order valence-corrected chi connectivity index (χ3v) is 2.11. The molecule has 4 nitrogen and oxygen atoms in total. The van der Waals surface area contributed by atoms with Crippen molar-refractivity contribution in [2.45, 2.75) is 12.8 Å². The second kappa shape index (κ2) is 6.75. The topological polar surface area (TPSA) is 66.4 Å². The smallest absolute Gasteiger partial charge is 0.227 e. The van der Waals surface area contributed by atoms with E-state index in [4.69, 9.17) is 5.11 Å². The lowest BCUT2D eigenvalue weighted by Gasteiger charge is -2.03. The van der Waals surface area contributed by atoms with Crippen molar-refractivity contribution in [3.05, 3.63) is 35.6 Å². The highest BCUT2D eigenvalue weighted by molar-refractivity contribution is 5.98. The average molecular weight is 239 g/mol. The Kier molecular flexibility index (Phi) is 5.29. The molecule has 0 radical (unpaired) electrons. The molecule has 0 saturated heterocycles. The summed E-state index contributed by atoms with van der Waals surface area (Å²) in [6.07, 6.45) is -0.121. The first kappa shape index (κ1) is 13.3. The second-order valence-corrected chi connectivity index (χ2v) is 3.59. The molecular weight excluding hydrogens is 225 g/mol. The zero-order chi connectivity index (χ0) is 12.7. The van der Waals surface area contributed by atoms with Crippen molar-refractivity contribution >= 4 is 11.7 Å². The number of aliphatic hydroxyl groups is 1. The van der Waals surface area contributed by atoms with Crippen LogP contribution >= 0.6 is 0 Å². The molecular formula is C12H14FNO3. The van der Waals surface area contributed by atoms with E-state index in [9.17, 15) is 14.0 Å². The van der Waals surface area contributed by atoms with Crippen molar-refractivity contribution in [2.24, 2.45) is 0 Å². The van der Waals surface area contributed by atoms with Gasteiger partial charge in [-0.15, -0.1) is 0 Å². The molecule has 1 rings (SSSR count). The Morgan fingerprint density at radius 1 is 1.24 bits per heavy atom. The van der Waals surface area contributed by atoms with E-state index in [0.717, 1.165) is 0 Å². The van der Waals surface area contributed by atoms with Gasteiger partial charge >= 0.3 is 0 Å². The van der Waals surface area contributed by atoms with Gasteiger partial charge in [0.25, 0.3) is 0 Å². The van der Waals surface area contributed by atoms with E-state index in [1.165, 1.54) is 24.3 Å². The lowest BCUT2D eigenvalue weighted by molar-refractivity contribution is -0.127. The van der Waals surface area contributed by atoms with Crippen molar-refractivity contribution in [2.75, 3.05) is 13.2 Å². The van der Waals surface area contributed by atoms with Crippen LogP contribution in [0.1, 0.15) is 12.0 Å². The van der Waals surface area contributed by atoms with Crippen LogP contribution in [0.5, 0.6) is 0 Å². The van der Waals surface area contributed by atoms with Gasteiger partial charge in [-0.1, -0.05) is 12.1 Å². The highest BCUT2D eigenvalue weighted by atomic mass is 19.1. The van der Waals surface area contributed by atoms with E-state index in [2.05, 4.69) is 5.32 Å². The molecule has 1 aromatic rings. The molecule has 0 fully saturated rings. The van der Waals surface area contributed by atoms with Crippen LogP contribution in [-0.2, 0) is 16.0 Å². The predicted molar refractivity (Wildman–Crippen MR) is 59.8 cm³/mol. The van der Waals surface area contributed by atoms with Crippen LogP contribution in [0, 0.1) is 5.82 Å². The molecule has 92 valence electrons. The zero-order valence-corrected chi connectivity index (χ0v) is 9.28. The Labute approximate surface area is 98.5 Å². The minimum absolute atomic E-state index is 0.104.